The quantitative estimate of drug-likeness (QED) is 0.0652. The second kappa shape index (κ2) is 17.1. The summed E-state index contributed by atoms with van der Waals surface area (Å²) in [4.78, 5) is 10.3. The zero-order valence-corrected chi connectivity index (χ0v) is 35.0. The van der Waals surface area contributed by atoms with Crippen molar-refractivity contribution in [1.29, 1.82) is 0 Å². The van der Waals surface area contributed by atoms with Crippen molar-refractivity contribution in [2.75, 3.05) is 42.7 Å². The van der Waals surface area contributed by atoms with Crippen LogP contribution >= 0.6 is 63.9 Å². The van der Waals surface area contributed by atoms with Gasteiger partial charge in [-0.3, -0.25) is 0 Å². The molecule has 0 saturated heterocycles. The Labute approximate surface area is 309 Å². The molecule has 2 aromatic heterocycles. The number of nitrogens with zero attached hydrogens (tertiary/aromatic N) is 2. The monoisotopic (exact) mass is 800 g/mol. The number of rotatable bonds is 15. The van der Waals surface area contributed by atoms with Crippen LogP contribution in [0.5, 0.6) is 0 Å². The van der Waals surface area contributed by atoms with Crippen LogP contribution in [0.4, 0.5) is 0 Å². The van der Waals surface area contributed by atoms with Crippen molar-refractivity contribution in [2.45, 2.75) is 71.9 Å². The number of fused-ring (bicyclic) bond motifs is 2. The zero-order valence-electron chi connectivity index (χ0n) is 28.1. The Morgan fingerprint density at radius 2 is 0.938 bits per heavy atom. The fraction of sp³-hybridized carbons (Fsp3) is 0.562. The highest BCUT2D eigenvalue weighted by Crippen LogP contribution is 2.61. The number of benzene rings is 2. The molecular formula is C32H44N2O6S6Si2. The molecule has 2 heterocycles. The molecule has 4 aromatic rings. The molecule has 6 unspecified atom stereocenters. The average molecular weight is 801 g/mol. The Morgan fingerprint density at radius 1 is 0.562 bits per heavy atom. The van der Waals surface area contributed by atoms with Crippen LogP contribution in [0.25, 0.3) is 20.4 Å². The summed E-state index contributed by atoms with van der Waals surface area (Å²) >= 11 is 3.60. The maximum atomic E-state index is 6.11. The smallest absolute Gasteiger partial charge is 0.377 e. The van der Waals surface area contributed by atoms with Crippen LogP contribution in [-0.2, 0) is 26.6 Å². The molecule has 2 aliphatic rings. The van der Waals surface area contributed by atoms with Crippen molar-refractivity contribution in [1.82, 2.24) is 9.97 Å². The van der Waals surface area contributed by atoms with E-state index >= 15 is 0 Å². The third-order valence-corrected chi connectivity index (χ3v) is 25.9. The first-order valence-corrected chi connectivity index (χ1v) is 26.3. The second-order valence-electron chi connectivity index (χ2n) is 12.0. The fourth-order valence-electron chi connectivity index (χ4n) is 7.59. The minimum atomic E-state index is -2.93. The lowest BCUT2D eigenvalue weighted by Gasteiger charge is -2.43. The molecule has 0 aliphatic heterocycles. The predicted molar refractivity (Wildman–Crippen MR) is 211 cm³/mol. The number of thiazole rings is 2. The normalized spacial score (nSPS) is 25.6. The highest BCUT2D eigenvalue weighted by atomic mass is 33.7. The first-order chi connectivity index (χ1) is 23.5. The average Bonchev–Trinajstić information content (AvgIpc) is 3.77. The van der Waals surface area contributed by atoms with E-state index in [-0.39, 0.29) is 22.9 Å². The molecule has 6 atom stereocenters. The van der Waals surface area contributed by atoms with E-state index in [1.165, 1.54) is 9.40 Å². The number of para-hydroxylation sites is 2. The van der Waals surface area contributed by atoms with Crippen LogP contribution in [0.2, 0.25) is 11.1 Å². The molecule has 0 amide bonds. The Bertz CT molecular complexity index is 1420. The summed E-state index contributed by atoms with van der Waals surface area (Å²) in [6.45, 7) is 0. The van der Waals surface area contributed by atoms with Crippen LogP contribution in [0.3, 0.4) is 0 Å². The molecule has 0 spiro atoms. The van der Waals surface area contributed by atoms with Crippen molar-refractivity contribution < 1.29 is 26.6 Å². The van der Waals surface area contributed by atoms with Gasteiger partial charge in [-0.05, 0) is 69.6 Å². The highest BCUT2D eigenvalue weighted by molar-refractivity contribution is 9.26. The summed E-state index contributed by atoms with van der Waals surface area (Å²) < 4.78 is 39.1. The standard InChI is InChI=1S/C32H44N2O6S6Si2/c1-35-47(36-2,37-3)27-19-11-17-25(29(27)31-33-21-13-7-9-15-23(21)41-31)43-45-46-44-26-18-12-20-28(48(38-4,39-5)40-6)30(26)32-34-22-14-8-10-16-24(22)42-32/h7-10,13-16,25-30H,11-12,17-20H2,1-6H3. The van der Waals surface area contributed by atoms with Gasteiger partial charge in [-0.15, -0.1) is 22.7 Å². The van der Waals surface area contributed by atoms with Gasteiger partial charge in [0, 0.05) is 76.1 Å². The van der Waals surface area contributed by atoms with Gasteiger partial charge in [0.1, 0.15) is 0 Å². The molecule has 0 radical (unpaired) electrons. The minimum Gasteiger partial charge on any atom is -0.377 e. The zero-order chi connectivity index (χ0) is 33.7. The van der Waals surface area contributed by atoms with E-state index in [0.717, 1.165) is 59.6 Å². The van der Waals surface area contributed by atoms with Crippen LogP contribution in [-0.4, -0.2) is 80.7 Å². The second-order valence-corrected chi connectivity index (χ2v) is 26.8. The Morgan fingerprint density at radius 3 is 1.29 bits per heavy atom. The fourth-order valence-corrected chi connectivity index (χ4v) is 24.2. The maximum absolute atomic E-state index is 6.11. The van der Waals surface area contributed by atoms with Gasteiger partial charge in [-0.2, -0.15) is 0 Å². The van der Waals surface area contributed by atoms with E-state index in [4.69, 9.17) is 36.5 Å². The number of hydrogen-bond donors (Lipinski definition) is 0. The van der Waals surface area contributed by atoms with Crippen LogP contribution in [0.1, 0.15) is 60.4 Å². The van der Waals surface area contributed by atoms with E-state index in [2.05, 4.69) is 48.5 Å². The van der Waals surface area contributed by atoms with Crippen molar-refractivity contribution in [3.8, 4) is 0 Å². The molecule has 2 aromatic carbocycles. The van der Waals surface area contributed by atoms with Crippen LogP contribution in [0, 0.1) is 0 Å². The topological polar surface area (TPSA) is 81.2 Å². The van der Waals surface area contributed by atoms with Gasteiger partial charge in [0.25, 0.3) is 0 Å². The van der Waals surface area contributed by atoms with Gasteiger partial charge in [0.05, 0.1) is 30.4 Å². The van der Waals surface area contributed by atoms with E-state index in [0.29, 0.717) is 10.5 Å². The van der Waals surface area contributed by atoms with E-state index in [9.17, 15) is 0 Å². The molecule has 262 valence electrons. The molecule has 0 N–H and O–H groups in total. The summed E-state index contributed by atoms with van der Waals surface area (Å²) in [5, 5.41) is 3.02. The molecule has 8 nitrogen and oxygen atoms in total. The summed E-state index contributed by atoms with van der Waals surface area (Å²) in [6, 6.07) is 16.9. The Hall–Kier alpha value is -0.186. The van der Waals surface area contributed by atoms with Crippen molar-refractivity contribution in [3.05, 3.63) is 58.5 Å². The molecule has 16 heteroatoms. The van der Waals surface area contributed by atoms with E-state index in [1.54, 1.807) is 65.3 Å². The third-order valence-electron chi connectivity index (χ3n) is 9.84. The molecule has 0 bridgehead atoms. The van der Waals surface area contributed by atoms with Gasteiger partial charge in [0.2, 0.25) is 0 Å². The van der Waals surface area contributed by atoms with Gasteiger partial charge in [-0.1, -0.05) is 58.7 Å². The van der Waals surface area contributed by atoms with Crippen LogP contribution in [0.15, 0.2) is 48.5 Å². The number of hydrogen-bond acceptors (Lipinski definition) is 14. The lowest BCUT2D eigenvalue weighted by Crippen LogP contribution is -2.52. The molecule has 2 saturated carbocycles. The van der Waals surface area contributed by atoms with Crippen LogP contribution < -0.4 is 0 Å². The summed E-state index contributed by atoms with van der Waals surface area (Å²) in [6.07, 6.45) is 6.45. The highest BCUT2D eigenvalue weighted by Gasteiger charge is 2.56. The minimum absolute atomic E-state index is 0.139. The summed E-state index contributed by atoms with van der Waals surface area (Å²) in [7, 11) is 12.3. The summed E-state index contributed by atoms with van der Waals surface area (Å²) in [5.74, 6) is 0.356. The molecule has 48 heavy (non-hydrogen) atoms. The first-order valence-electron chi connectivity index (χ1n) is 16.1. The van der Waals surface area contributed by atoms with Gasteiger partial charge in [0.15, 0.2) is 0 Å². The maximum Gasteiger partial charge on any atom is 0.504 e. The predicted octanol–water partition coefficient (Wildman–Crippen LogP) is 10.1. The number of aromatic nitrogens is 2. The van der Waals surface area contributed by atoms with Gasteiger partial charge < -0.3 is 26.6 Å². The first kappa shape index (κ1) is 37.6. The van der Waals surface area contributed by atoms with Crippen molar-refractivity contribution >= 4 is 102 Å². The Kier molecular flexibility index (Phi) is 13.4. The lowest BCUT2D eigenvalue weighted by molar-refractivity contribution is 0.100. The van der Waals surface area contributed by atoms with Crippen molar-refractivity contribution in [2.24, 2.45) is 0 Å². The SMILES string of the molecule is CO[Si](OC)(OC)C1CCCC(SSSSC2CCCC([Si](OC)(OC)OC)C2c2nc3ccccc3s2)C1c1nc2ccccc2s1. The van der Waals surface area contributed by atoms with E-state index in [1.807, 2.05) is 41.2 Å². The Balaban J connectivity index is 1.22. The molecule has 2 aliphatic carbocycles. The molecular weight excluding hydrogens is 757 g/mol. The summed E-state index contributed by atoms with van der Waals surface area (Å²) in [5.41, 5.74) is 2.39. The lowest BCUT2D eigenvalue weighted by atomic mass is 9.88. The largest absolute Gasteiger partial charge is 0.504 e. The van der Waals surface area contributed by atoms with Gasteiger partial charge in [-0.25, -0.2) is 9.97 Å². The molecule has 6 rings (SSSR count). The third kappa shape index (κ3) is 7.49. The molecule has 2 fully saturated rings. The van der Waals surface area contributed by atoms with Crippen molar-refractivity contribution in [3.63, 3.8) is 0 Å². The van der Waals surface area contributed by atoms with Gasteiger partial charge >= 0.3 is 17.6 Å². The van der Waals surface area contributed by atoms with E-state index < -0.39 is 17.6 Å².